The Morgan fingerprint density at radius 2 is 2.24 bits per heavy atom. The van der Waals surface area contributed by atoms with Crippen LogP contribution in [-0.2, 0) is 12.8 Å². The molecule has 4 heteroatoms. The number of fused-ring (bicyclic) bond motifs is 1. The number of hydrogen-bond donors (Lipinski definition) is 2. The molecule has 0 amide bonds. The van der Waals surface area contributed by atoms with E-state index in [4.69, 9.17) is 10.6 Å². The lowest BCUT2D eigenvalue weighted by molar-refractivity contribution is 0.283. The minimum absolute atomic E-state index is 0.0731. The van der Waals surface area contributed by atoms with Crippen molar-refractivity contribution in [2.24, 2.45) is 5.84 Å². The third-order valence-electron chi connectivity index (χ3n) is 4.07. The van der Waals surface area contributed by atoms with Crippen LogP contribution in [0.25, 0.3) is 0 Å². The predicted octanol–water partition coefficient (Wildman–Crippen LogP) is 2.52. The van der Waals surface area contributed by atoms with Gasteiger partial charge in [0.15, 0.2) is 0 Å². The molecule has 3 rings (SSSR count). The molecule has 1 unspecified atom stereocenters. The number of nitrogens with one attached hydrogen (secondary N) is 1. The maximum absolute atomic E-state index is 5.92. The summed E-state index contributed by atoms with van der Waals surface area (Å²) in [6.45, 7) is 2.91. The van der Waals surface area contributed by atoms with E-state index >= 15 is 0 Å². The number of para-hydroxylation sites is 1. The molecule has 110 valence electrons. The van der Waals surface area contributed by atoms with Gasteiger partial charge in [0.1, 0.15) is 5.75 Å². The fourth-order valence-corrected chi connectivity index (χ4v) is 3.00. The second-order valence-corrected chi connectivity index (χ2v) is 5.32. The van der Waals surface area contributed by atoms with Gasteiger partial charge in [-0.1, -0.05) is 25.1 Å². The molecule has 0 aliphatic carbocycles. The van der Waals surface area contributed by atoms with Crippen molar-refractivity contribution in [3.05, 3.63) is 58.9 Å². The van der Waals surface area contributed by atoms with E-state index in [0.29, 0.717) is 0 Å². The van der Waals surface area contributed by atoms with Gasteiger partial charge in [0.25, 0.3) is 0 Å². The van der Waals surface area contributed by atoms with Crippen LogP contribution in [0.3, 0.4) is 0 Å². The lowest BCUT2D eigenvalue weighted by Gasteiger charge is -2.26. The number of ether oxygens (including phenoxy) is 1. The van der Waals surface area contributed by atoms with Gasteiger partial charge in [0.2, 0.25) is 0 Å². The molecule has 0 radical (unpaired) electrons. The van der Waals surface area contributed by atoms with E-state index in [1.807, 2.05) is 18.5 Å². The van der Waals surface area contributed by atoms with Gasteiger partial charge in [-0.15, -0.1) is 0 Å². The van der Waals surface area contributed by atoms with Crippen LogP contribution in [0.5, 0.6) is 5.75 Å². The van der Waals surface area contributed by atoms with E-state index in [1.54, 1.807) is 0 Å². The van der Waals surface area contributed by atoms with Crippen molar-refractivity contribution >= 4 is 0 Å². The molecule has 0 fully saturated rings. The fourth-order valence-electron chi connectivity index (χ4n) is 3.00. The number of aromatic nitrogens is 1. The predicted molar refractivity (Wildman–Crippen MR) is 83.0 cm³/mol. The number of benzene rings is 1. The highest BCUT2D eigenvalue weighted by Gasteiger charge is 2.23. The maximum Gasteiger partial charge on any atom is 0.127 e. The van der Waals surface area contributed by atoms with E-state index in [1.165, 1.54) is 11.1 Å². The zero-order valence-electron chi connectivity index (χ0n) is 12.3. The second kappa shape index (κ2) is 6.24. The van der Waals surface area contributed by atoms with Gasteiger partial charge in [-0.2, -0.15) is 0 Å². The first kappa shape index (κ1) is 14.0. The number of rotatable bonds is 4. The number of hydrazine groups is 1. The molecule has 1 atom stereocenters. The average Bonchev–Trinajstić information content (AvgIpc) is 2.56. The normalized spacial score (nSPS) is 15.1. The molecule has 1 aliphatic rings. The molecule has 0 spiro atoms. The maximum atomic E-state index is 5.92. The summed E-state index contributed by atoms with van der Waals surface area (Å²) in [5, 5.41) is 0. The summed E-state index contributed by atoms with van der Waals surface area (Å²) >= 11 is 0. The Bertz CT molecular complexity index is 627. The smallest absolute Gasteiger partial charge is 0.127 e. The fraction of sp³-hybridized carbons (Fsp3) is 0.353. The van der Waals surface area contributed by atoms with Gasteiger partial charge >= 0.3 is 0 Å². The van der Waals surface area contributed by atoms with Gasteiger partial charge < -0.3 is 4.74 Å². The van der Waals surface area contributed by atoms with Gasteiger partial charge in [-0.05, 0) is 42.0 Å². The molecule has 21 heavy (non-hydrogen) atoms. The quantitative estimate of drug-likeness (QED) is 0.668. The summed E-state index contributed by atoms with van der Waals surface area (Å²) in [5.74, 6) is 6.86. The number of aryl methyl sites for hydroxylation is 2. The van der Waals surface area contributed by atoms with Crippen LogP contribution in [-0.4, -0.2) is 11.6 Å². The summed E-state index contributed by atoms with van der Waals surface area (Å²) in [4.78, 5) is 4.21. The molecular weight excluding hydrogens is 262 g/mol. The van der Waals surface area contributed by atoms with Crippen LogP contribution in [0.2, 0.25) is 0 Å². The molecule has 1 aromatic heterocycles. The van der Waals surface area contributed by atoms with Crippen LogP contribution in [0.1, 0.15) is 41.6 Å². The topological polar surface area (TPSA) is 60.2 Å². The van der Waals surface area contributed by atoms with E-state index in [-0.39, 0.29) is 6.04 Å². The summed E-state index contributed by atoms with van der Waals surface area (Å²) in [7, 11) is 0. The highest BCUT2D eigenvalue weighted by Crippen LogP contribution is 2.36. The Morgan fingerprint density at radius 1 is 1.33 bits per heavy atom. The zero-order valence-corrected chi connectivity index (χ0v) is 12.3. The van der Waals surface area contributed by atoms with Gasteiger partial charge in [-0.3, -0.25) is 10.8 Å². The standard InChI is InChI=1S/C17H21N3O/c1-2-12-11-19-9-8-14(12)16(20-18)15-7-3-5-13-6-4-10-21-17(13)15/h3,5,7-9,11,16,20H,2,4,6,10,18H2,1H3. The third kappa shape index (κ3) is 2.64. The number of hydrogen-bond acceptors (Lipinski definition) is 4. The summed E-state index contributed by atoms with van der Waals surface area (Å²) in [6.07, 6.45) is 6.80. The Labute approximate surface area is 125 Å². The molecule has 4 nitrogen and oxygen atoms in total. The van der Waals surface area contributed by atoms with Crippen molar-refractivity contribution in [3.8, 4) is 5.75 Å². The summed E-state index contributed by atoms with van der Waals surface area (Å²) < 4.78 is 5.92. The van der Waals surface area contributed by atoms with Crippen LogP contribution in [0, 0.1) is 0 Å². The van der Waals surface area contributed by atoms with Crippen molar-refractivity contribution in [3.63, 3.8) is 0 Å². The number of nitrogens with two attached hydrogens (primary N) is 1. The van der Waals surface area contributed by atoms with Crippen molar-refractivity contribution in [2.75, 3.05) is 6.61 Å². The molecule has 3 N–H and O–H groups in total. The molecule has 0 saturated carbocycles. The Balaban J connectivity index is 2.08. The molecule has 2 heterocycles. The Kier molecular flexibility index (Phi) is 4.18. The molecule has 1 aromatic carbocycles. The monoisotopic (exact) mass is 283 g/mol. The summed E-state index contributed by atoms with van der Waals surface area (Å²) in [6, 6.07) is 8.27. The Morgan fingerprint density at radius 3 is 3.05 bits per heavy atom. The highest BCUT2D eigenvalue weighted by atomic mass is 16.5. The second-order valence-electron chi connectivity index (χ2n) is 5.32. The van der Waals surface area contributed by atoms with E-state index in [9.17, 15) is 0 Å². The lowest BCUT2D eigenvalue weighted by Crippen LogP contribution is -2.30. The SMILES string of the molecule is CCc1cnccc1C(NN)c1cccc2c1OCCC2. The first-order valence-corrected chi connectivity index (χ1v) is 7.48. The van der Waals surface area contributed by atoms with Gasteiger partial charge in [-0.25, -0.2) is 5.43 Å². The largest absolute Gasteiger partial charge is 0.493 e. The molecule has 1 aliphatic heterocycles. The molecule has 0 saturated heterocycles. The highest BCUT2D eigenvalue weighted by molar-refractivity contribution is 5.48. The lowest BCUT2D eigenvalue weighted by atomic mass is 9.92. The van der Waals surface area contributed by atoms with Crippen molar-refractivity contribution < 1.29 is 4.74 Å². The van der Waals surface area contributed by atoms with E-state index in [2.05, 4.69) is 35.5 Å². The third-order valence-corrected chi connectivity index (χ3v) is 4.07. The van der Waals surface area contributed by atoms with Gasteiger partial charge in [0.05, 0.1) is 12.6 Å². The first-order valence-electron chi connectivity index (χ1n) is 7.48. The van der Waals surface area contributed by atoms with Crippen LogP contribution in [0.15, 0.2) is 36.7 Å². The average molecular weight is 283 g/mol. The summed E-state index contributed by atoms with van der Waals surface area (Å²) in [5.41, 5.74) is 7.70. The molecular formula is C17H21N3O. The van der Waals surface area contributed by atoms with E-state index < -0.39 is 0 Å². The first-order chi connectivity index (χ1) is 10.3. The number of nitrogens with zero attached hydrogens (tertiary/aromatic N) is 1. The van der Waals surface area contributed by atoms with Crippen molar-refractivity contribution in [1.29, 1.82) is 0 Å². The van der Waals surface area contributed by atoms with Crippen LogP contribution < -0.4 is 16.0 Å². The Hall–Kier alpha value is -1.91. The van der Waals surface area contributed by atoms with Crippen molar-refractivity contribution in [2.45, 2.75) is 32.2 Å². The van der Waals surface area contributed by atoms with Crippen LogP contribution in [0.4, 0.5) is 0 Å². The van der Waals surface area contributed by atoms with Crippen LogP contribution >= 0.6 is 0 Å². The minimum Gasteiger partial charge on any atom is -0.493 e. The molecule has 0 bridgehead atoms. The van der Waals surface area contributed by atoms with Gasteiger partial charge in [0, 0.05) is 18.0 Å². The number of pyridine rings is 1. The van der Waals surface area contributed by atoms with E-state index in [0.717, 1.165) is 42.7 Å². The van der Waals surface area contributed by atoms with Crippen molar-refractivity contribution in [1.82, 2.24) is 10.4 Å². The zero-order chi connectivity index (χ0) is 14.7. The molecule has 2 aromatic rings. The minimum atomic E-state index is -0.0731.